The molecule has 2 aromatic carbocycles. The Bertz CT molecular complexity index is 1330. The summed E-state index contributed by atoms with van der Waals surface area (Å²) in [5, 5.41) is 5.03. The summed E-state index contributed by atoms with van der Waals surface area (Å²) in [6.45, 7) is 7.10. The van der Waals surface area contributed by atoms with E-state index in [4.69, 9.17) is 19.2 Å². The fraction of sp³-hybridized carbons (Fsp3) is 0.357. The number of aryl methyl sites for hydroxylation is 1. The van der Waals surface area contributed by atoms with Crippen LogP contribution < -0.4 is 19.5 Å². The van der Waals surface area contributed by atoms with E-state index in [0.717, 1.165) is 45.1 Å². The van der Waals surface area contributed by atoms with Crippen LogP contribution in [0.4, 0.5) is 5.00 Å². The van der Waals surface area contributed by atoms with E-state index in [1.165, 1.54) is 16.9 Å². The van der Waals surface area contributed by atoms with Gasteiger partial charge in [0.15, 0.2) is 11.5 Å². The van der Waals surface area contributed by atoms with Crippen molar-refractivity contribution in [3.8, 4) is 27.8 Å². The first-order valence-electron chi connectivity index (χ1n) is 12.5. The summed E-state index contributed by atoms with van der Waals surface area (Å²) in [4.78, 5) is 19.9. The molecule has 0 radical (unpaired) electrons. The van der Waals surface area contributed by atoms with Crippen molar-refractivity contribution < 1.29 is 19.0 Å². The number of nitrogens with zero attached hydrogens (tertiary/aromatic N) is 1. The molecule has 188 valence electrons. The molecule has 4 aromatic rings. The number of fused-ring (bicyclic) bond motifs is 2. The number of ether oxygens (including phenoxy) is 3. The molecule has 1 aliphatic carbocycles. The van der Waals surface area contributed by atoms with Gasteiger partial charge in [-0.05, 0) is 76.3 Å². The molecule has 5 rings (SSSR count). The van der Waals surface area contributed by atoms with Crippen LogP contribution in [0.3, 0.4) is 0 Å². The van der Waals surface area contributed by atoms with Crippen molar-refractivity contribution >= 4 is 43.8 Å². The standard InChI is InChI=1S/C28H30N2O4S2/c1-4-32-20-15-17(16-21(33-5-2)25(20)34-6-3)26(31)30-28-24(18-11-7-9-13-22(18)35-28)27-29-19-12-8-10-14-23(19)36-27/h8,10,12,14-16H,4-7,9,11,13H2,1-3H3,(H,30,31). The van der Waals surface area contributed by atoms with E-state index in [0.29, 0.717) is 42.6 Å². The Morgan fingerprint density at radius 2 is 1.64 bits per heavy atom. The van der Waals surface area contributed by atoms with Crippen LogP contribution in [0.5, 0.6) is 17.2 Å². The van der Waals surface area contributed by atoms with Gasteiger partial charge in [-0.25, -0.2) is 4.98 Å². The molecule has 2 aromatic heterocycles. The first-order chi connectivity index (χ1) is 17.6. The highest BCUT2D eigenvalue weighted by molar-refractivity contribution is 7.23. The minimum Gasteiger partial charge on any atom is -0.490 e. The maximum atomic E-state index is 13.6. The van der Waals surface area contributed by atoms with Gasteiger partial charge in [-0.15, -0.1) is 22.7 Å². The predicted octanol–water partition coefficient (Wildman–Crippen LogP) is 7.35. The first kappa shape index (κ1) is 24.6. The lowest BCUT2D eigenvalue weighted by Gasteiger charge is -2.17. The third kappa shape index (κ3) is 4.80. The van der Waals surface area contributed by atoms with Crippen LogP contribution in [0, 0.1) is 0 Å². The molecule has 1 amide bonds. The van der Waals surface area contributed by atoms with Crippen molar-refractivity contribution in [1.82, 2.24) is 4.98 Å². The number of nitrogens with one attached hydrogen (secondary N) is 1. The second kappa shape index (κ2) is 10.9. The lowest BCUT2D eigenvalue weighted by Crippen LogP contribution is -2.13. The molecule has 36 heavy (non-hydrogen) atoms. The Labute approximate surface area is 219 Å². The van der Waals surface area contributed by atoms with Gasteiger partial charge in [0, 0.05) is 16.0 Å². The van der Waals surface area contributed by atoms with E-state index in [1.807, 2.05) is 39.0 Å². The number of benzene rings is 2. The summed E-state index contributed by atoms with van der Waals surface area (Å²) in [5.41, 5.74) is 3.86. The second-order valence-corrected chi connectivity index (χ2v) is 10.6. The quantitative estimate of drug-likeness (QED) is 0.249. The van der Waals surface area contributed by atoms with Gasteiger partial charge in [-0.1, -0.05) is 12.1 Å². The maximum absolute atomic E-state index is 13.6. The lowest BCUT2D eigenvalue weighted by molar-refractivity contribution is 0.102. The molecule has 0 unspecified atom stereocenters. The van der Waals surface area contributed by atoms with Crippen molar-refractivity contribution in [1.29, 1.82) is 0 Å². The number of carbonyl (C=O) groups excluding carboxylic acids is 1. The normalized spacial score (nSPS) is 12.9. The van der Waals surface area contributed by atoms with Crippen molar-refractivity contribution in [2.45, 2.75) is 46.5 Å². The number of carbonyl (C=O) groups is 1. The largest absolute Gasteiger partial charge is 0.490 e. The number of hydrogen-bond donors (Lipinski definition) is 1. The van der Waals surface area contributed by atoms with Gasteiger partial charge in [0.2, 0.25) is 5.75 Å². The van der Waals surface area contributed by atoms with Crippen LogP contribution in [-0.4, -0.2) is 30.7 Å². The van der Waals surface area contributed by atoms with Gasteiger partial charge in [0.1, 0.15) is 10.0 Å². The van der Waals surface area contributed by atoms with Crippen molar-refractivity contribution in [3.63, 3.8) is 0 Å². The first-order valence-corrected chi connectivity index (χ1v) is 14.1. The summed E-state index contributed by atoms with van der Waals surface area (Å²) in [5.74, 6) is 1.33. The molecule has 0 spiro atoms. The monoisotopic (exact) mass is 522 g/mol. The van der Waals surface area contributed by atoms with Crippen molar-refractivity contribution in [3.05, 3.63) is 52.4 Å². The molecular weight excluding hydrogens is 492 g/mol. The molecule has 0 bridgehead atoms. The van der Waals surface area contributed by atoms with Crippen LogP contribution in [0.1, 0.15) is 54.4 Å². The fourth-order valence-corrected chi connectivity index (χ4v) is 6.95. The second-order valence-electron chi connectivity index (χ2n) is 8.46. The highest BCUT2D eigenvalue weighted by atomic mass is 32.1. The fourth-order valence-electron chi connectivity index (χ4n) is 4.55. The lowest BCUT2D eigenvalue weighted by atomic mass is 9.95. The zero-order valence-electron chi connectivity index (χ0n) is 20.8. The van der Waals surface area contributed by atoms with Gasteiger partial charge >= 0.3 is 0 Å². The Morgan fingerprint density at radius 1 is 0.944 bits per heavy atom. The molecule has 1 aliphatic rings. The van der Waals surface area contributed by atoms with Gasteiger partial charge in [0.05, 0.1) is 30.0 Å². The molecule has 0 atom stereocenters. The predicted molar refractivity (Wildman–Crippen MR) is 147 cm³/mol. The van der Waals surface area contributed by atoms with Crippen LogP contribution in [0.15, 0.2) is 36.4 Å². The van der Waals surface area contributed by atoms with E-state index >= 15 is 0 Å². The molecule has 0 saturated heterocycles. The number of thiophene rings is 1. The van der Waals surface area contributed by atoms with E-state index < -0.39 is 0 Å². The molecule has 0 aliphatic heterocycles. The number of anilines is 1. The van der Waals surface area contributed by atoms with Gasteiger partial charge < -0.3 is 19.5 Å². The van der Waals surface area contributed by atoms with Gasteiger partial charge in [-0.2, -0.15) is 0 Å². The average Bonchev–Trinajstić information content (AvgIpc) is 3.46. The summed E-state index contributed by atoms with van der Waals surface area (Å²) in [7, 11) is 0. The highest BCUT2D eigenvalue weighted by Gasteiger charge is 2.26. The molecule has 6 nitrogen and oxygen atoms in total. The number of thiazole rings is 1. The Balaban J connectivity index is 1.55. The number of para-hydroxylation sites is 1. The van der Waals surface area contributed by atoms with E-state index in [2.05, 4.69) is 11.4 Å². The van der Waals surface area contributed by atoms with Crippen molar-refractivity contribution in [2.75, 3.05) is 25.1 Å². The Morgan fingerprint density at radius 3 is 2.33 bits per heavy atom. The van der Waals surface area contributed by atoms with Crippen molar-refractivity contribution in [2.24, 2.45) is 0 Å². The minimum absolute atomic E-state index is 0.207. The molecule has 2 heterocycles. The summed E-state index contributed by atoms with van der Waals surface area (Å²) >= 11 is 3.36. The van der Waals surface area contributed by atoms with E-state index in [9.17, 15) is 4.79 Å². The molecule has 0 fully saturated rings. The van der Waals surface area contributed by atoms with Crippen LogP contribution >= 0.6 is 22.7 Å². The number of hydrogen-bond acceptors (Lipinski definition) is 7. The third-order valence-electron chi connectivity index (χ3n) is 6.08. The van der Waals surface area contributed by atoms with Crippen LogP contribution in [0.2, 0.25) is 0 Å². The average molecular weight is 523 g/mol. The van der Waals surface area contributed by atoms with E-state index in [1.54, 1.807) is 34.8 Å². The minimum atomic E-state index is -0.207. The Kier molecular flexibility index (Phi) is 7.43. The van der Waals surface area contributed by atoms with Gasteiger partial charge in [-0.3, -0.25) is 4.79 Å². The van der Waals surface area contributed by atoms with Crippen LogP contribution in [-0.2, 0) is 12.8 Å². The van der Waals surface area contributed by atoms with E-state index in [-0.39, 0.29) is 5.91 Å². The number of amides is 1. The molecule has 1 N–H and O–H groups in total. The smallest absolute Gasteiger partial charge is 0.256 e. The highest BCUT2D eigenvalue weighted by Crippen LogP contribution is 2.47. The third-order valence-corrected chi connectivity index (χ3v) is 8.34. The molecule has 8 heteroatoms. The molecular formula is C28H30N2O4S2. The SMILES string of the molecule is CCOc1cc(C(=O)Nc2sc3c(c2-c2nc4ccccc4s2)CCCC3)cc(OCC)c1OCC. The summed E-state index contributed by atoms with van der Waals surface area (Å²) < 4.78 is 18.6. The van der Waals surface area contributed by atoms with Crippen LogP contribution in [0.25, 0.3) is 20.8 Å². The molecule has 0 saturated carbocycles. The number of aromatic nitrogens is 1. The number of rotatable bonds is 9. The zero-order valence-corrected chi connectivity index (χ0v) is 22.4. The topological polar surface area (TPSA) is 69.7 Å². The van der Waals surface area contributed by atoms with Gasteiger partial charge in [0.25, 0.3) is 5.91 Å². The maximum Gasteiger partial charge on any atom is 0.256 e. The zero-order chi connectivity index (χ0) is 25.1. The summed E-state index contributed by atoms with van der Waals surface area (Å²) in [6, 6.07) is 11.6. The Hall–Kier alpha value is -3.10. The summed E-state index contributed by atoms with van der Waals surface area (Å²) in [6.07, 6.45) is 4.39.